The van der Waals surface area contributed by atoms with Crippen molar-refractivity contribution in [2.45, 2.75) is 0 Å². The van der Waals surface area contributed by atoms with Gasteiger partial charge < -0.3 is 0 Å². The molecular weight excluding hydrogens is 410 g/mol. The van der Waals surface area contributed by atoms with Gasteiger partial charge >= 0.3 is 7.43 Å². The van der Waals surface area contributed by atoms with Gasteiger partial charge in [0.2, 0.25) is 0 Å². The van der Waals surface area contributed by atoms with Crippen molar-refractivity contribution in [2.24, 2.45) is 0 Å². The van der Waals surface area contributed by atoms with Crippen LogP contribution in [0.2, 0.25) is 0 Å². The topological polar surface area (TPSA) is 369 Å². The molecule has 0 unspecified atom stereocenters. The largest absolute Gasteiger partial charge is 4.00 e. The number of halogens is 4. The molecule has 0 fully saturated rings. The molecule has 16 nitrogen and oxygen atoms in total. The van der Waals surface area contributed by atoms with Crippen molar-refractivity contribution in [1.29, 1.82) is 0 Å². The van der Waals surface area contributed by atoms with Gasteiger partial charge in [0, 0.05) is 0 Å². The summed E-state index contributed by atoms with van der Waals surface area (Å²) in [6.45, 7) is 0. The molecule has 0 atom stereocenters. The van der Waals surface area contributed by atoms with E-state index in [0.717, 1.165) is 0 Å². The summed E-state index contributed by atoms with van der Waals surface area (Å²) >= 11 is 0. The molecule has 20 heteroatoms. The maximum atomic E-state index is 8.49. The zero-order chi connectivity index (χ0) is 18.0. The van der Waals surface area contributed by atoms with Gasteiger partial charge in [-0.05, 0) is 0 Å². The van der Waals surface area contributed by atoms with E-state index in [1.54, 1.807) is 0 Å². The normalized spacial score (nSPS) is 11.4. The van der Waals surface area contributed by atoms with Gasteiger partial charge in [0.25, 0.3) is 0 Å². The zero-order valence-electron chi connectivity index (χ0n) is 8.54. The Balaban J connectivity index is -0.0000000533. The van der Waals surface area contributed by atoms with Crippen LogP contribution in [-0.2, 0) is 0 Å². The van der Waals surface area contributed by atoms with E-state index in [0.29, 0.717) is 0 Å². The van der Waals surface area contributed by atoms with E-state index in [1.165, 1.54) is 0 Å². The molecule has 0 bridgehead atoms. The first-order valence-corrected chi connectivity index (χ1v) is 7.41. The SMILES string of the molecule is [C+4].[O-][Cl+3]([O-])([O-])[O-].[O-][Cl+3]([O-])([O-])[O-].[O-][Cl+3]([O-])([O-])[O-].[O-][Cl+3]([O-])([O-])[O-]. The minimum atomic E-state index is -4.94. The smallest absolute Gasteiger partial charge is 0.222 e. The Morgan fingerprint density at radius 3 is 0.238 bits per heavy atom. The minimum absolute atomic E-state index is 0. The molecule has 0 aromatic carbocycles. The predicted octanol–water partition coefficient (Wildman–Crippen LogP) is -18.9. The Bertz CT molecular complexity index is 130. The molecule has 0 aromatic rings. The van der Waals surface area contributed by atoms with Gasteiger partial charge in [-0.2, -0.15) is 0 Å². The maximum Gasteiger partial charge on any atom is 4.00 e. The Morgan fingerprint density at radius 1 is 0.238 bits per heavy atom. The Morgan fingerprint density at radius 2 is 0.238 bits per heavy atom. The molecule has 0 saturated carbocycles. The summed E-state index contributed by atoms with van der Waals surface area (Å²) in [5.41, 5.74) is 0. The molecule has 128 valence electrons. The van der Waals surface area contributed by atoms with Crippen LogP contribution >= 0.6 is 0 Å². The van der Waals surface area contributed by atoms with E-state index in [2.05, 4.69) is 0 Å². The van der Waals surface area contributed by atoms with Crippen LogP contribution in [0.1, 0.15) is 0 Å². The van der Waals surface area contributed by atoms with E-state index < -0.39 is 41.0 Å². The fourth-order valence-electron chi connectivity index (χ4n) is 0. The fraction of sp³-hybridized carbons (Fsp3) is 0. The van der Waals surface area contributed by atoms with Gasteiger partial charge in [0.1, 0.15) is 0 Å². The molecule has 0 spiro atoms. The number of hydrogen-bond acceptors (Lipinski definition) is 16. The number of hydrogen-bond donors (Lipinski definition) is 0. The van der Waals surface area contributed by atoms with Gasteiger partial charge in [-0.15, -0.1) is 41.0 Å². The first-order valence-electron chi connectivity index (χ1n) is 2.47. The third kappa shape index (κ3) is 26000. The second-order valence-corrected chi connectivity index (χ2v) is 4.54. The first kappa shape index (κ1) is 33.2. The third-order valence-corrected chi connectivity index (χ3v) is 0. The minimum Gasteiger partial charge on any atom is -0.222 e. The molecule has 0 N–H and O–H groups in total. The molecule has 0 aliphatic rings. The van der Waals surface area contributed by atoms with Crippen LogP contribution in [0.3, 0.4) is 0 Å². The molecule has 0 aromatic heterocycles. The summed E-state index contributed by atoms with van der Waals surface area (Å²) in [6.07, 6.45) is 0. The molecule has 0 radical (unpaired) electrons. The van der Waals surface area contributed by atoms with E-state index in [4.69, 9.17) is 74.5 Å². The van der Waals surface area contributed by atoms with Crippen LogP contribution < -0.4 is 74.5 Å². The van der Waals surface area contributed by atoms with E-state index >= 15 is 0 Å². The average Bonchev–Trinajstić information content (AvgIpc) is 1.62. The van der Waals surface area contributed by atoms with Crippen LogP contribution in [0.5, 0.6) is 0 Å². The van der Waals surface area contributed by atoms with Gasteiger partial charge in [0.05, 0.1) is 0 Å². The van der Waals surface area contributed by atoms with Crippen molar-refractivity contribution in [3.63, 3.8) is 0 Å². The first-order chi connectivity index (χ1) is 8.00. The van der Waals surface area contributed by atoms with E-state index in [-0.39, 0.29) is 7.43 Å². The molecule has 0 aliphatic carbocycles. The summed E-state index contributed by atoms with van der Waals surface area (Å²) < 4.78 is 136. The van der Waals surface area contributed by atoms with Gasteiger partial charge in [-0.25, -0.2) is 74.5 Å². The second-order valence-electron chi connectivity index (χ2n) is 1.51. The molecule has 21 heavy (non-hydrogen) atoms. The molecule has 0 rings (SSSR count). The fourth-order valence-corrected chi connectivity index (χ4v) is 0. The molecule has 0 amide bonds. The van der Waals surface area contributed by atoms with Crippen LogP contribution in [0.15, 0.2) is 0 Å². The number of rotatable bonds is 0. The Hall–Kier alpha value is 0.520. The third-order valence-electron chi connectivity index (χ3n) is 0. The molecule has 0 aliphatic heterocycles. The van der Waals surface area contributed by atoms with Crippen molar-refractivity contribution in [2.75, 3.05) is 0 Å². The Labute approximate surface area is 123 Å². The summed E-state index contributed by atoms with van der Waals surface area (Å²) in [7, 11) is -19.8. The van der Waals surface area contributed by atoms with E-state index in [9.17, 15) is 0 Å². The monoisotopic (exact) mass is 408 g/mol. The second kappa shape index (κ2) is 13.0. The maximum absolute atomic E-state index is 8.49. The van der Waals surface area contributed by atoms with Crippen molar-refractivity contribution in [3.05, 3.63) is 7.43 Å². The van der Waals surface area contributed by atoms with E-state index in [1.807, 2.05) is 0 Å². The summed E-state index contributed by atoms with van der Waals surface area (Å²) in [5, 5.41) is 0. The van der Waals surface area contributed by atoms with Crippen LogP contribution in [0.4, 0.5) is 0 Å². The zero-order valence-corrected chi connectivity index (χ0v) is 11.6. The van der Waals surface area contributed by atoms with Crippen LogP contribution in [0, 0.1) is 48.4 Å². The standard InChI is InChI=1S/C.4ClHO4/c;4*2-1(3,4)5/h;4*(H,2,3,4,5)/q+4;;;;/p-4. The van der Waals surface area contributed by atoms with Crippen molar-refractivity contribution >= 4 is 0 Å². The van der Waals surface area contributed by atoms with Crippen molar-refractivity contribution in [1.82, 2.24) is 0 Å². The summed E-state index contributed by atoms with van der Waals surface area (Å²) in [6, 6.07) is 0. The van der Waals surface area contributed by atoms with Crippen LogP contribution in [-0.4, -0.2) is 0 Å². The van der Waals surface area contributed by atoms with Crippen LogP contribution in [0.25, 0.3) is 0 Å². The van der Waals surface area contributed by atoms with Gasteiger partial charge in [-0.3, -0.25) is 0 Å². The Kier molecular flexibility index (Phi) is 20.6. The average molecular weight is 410 g/mol. The molecular formula is CCl4O16. The quantitative estimate of drug-likeness (QED) is 0.357. The van der Waals surface area contributed by atoms with Gasteiger partial charge in [-0.1, -0.05) is 0 Å². The van der Waals surface area contributed by atoms with Gasteiger partial charge in [0.15, 0.2) is 0 Å². The predicted molar refractivity (Wildman–Crippen MR) is 3.24 cm³/mol. The van der Waals surface area contributed by atoms with Crippen molar-refractivity contribution in [3.8, 4) is 0 Å². The summed E-state index contributed by atoms with van der Waals surface area (Å²) in [4.78, 5) is 0. The van der Waals surface area contributed by atoms with Crippen molar-refractivity contribution < 1.29 is 116 Å². The molecule has 0 heterocycles. The summed E-state index contributed by atoms with van der Waals surface area (Å²) in [5.74, 6) is 0. The molecule has 0 saturated heterocycles.